The van der Waals surface area contributed by atoms with Gasteiger partial charge in [0.15, 0.2) is 0 Å². The molecule has 0 unspecified atom stereocenters. The molecule has 0 aliphatic rings. The first-order valence-corrected chi connectivity index (χ1v) is 8.05. The van der Waals surface area contributed by atoms with Crippen LogP contribution in [0.5, 0.6) is 0 Å². The van der Waals surface area contributed by atoms with Crippen LogP contribution in [-0.4, -0.2) is 17.4 Å². The molecular weight excluding hydrogens is 300 g/mol. The summed E-state index contributed by atoms with van der Waals surface area (Å²) in [5, 5.41) is 2.83. The molecule has 24 heavy (non-hydrogen) atoms. The summed E-state index contributed by atoms with van der Waals surface area (Å²) >= 11 is 0. The topological polar surface area (TPSA) is 49.4 Å². The highest BCUT2D eigenvalue weighted by Crippen LogP contribution is 2.18. The fraction of sp³-hybridized carbons (Fsp3) is 0.300. The summed E-state index contributed by atoms with van der Waals surface area (Å²) in [7, 11) is 0. The Kier molecular flexibility index (Phi) is 5.74. The van der Waals surface area contributed by atoms with Crippen LogP contribution in [0.3, 0.4) is 0 Å². The normalized spacial score (nSPS) is 11.0. The van der Waals surface area contributed by atoms with E-state index >= 15 is 0 Å². The number of benzene rings is 2. The summed E-state index contributed by atoms with van der Waals surface area (Å²) in [6.07, 6.45) is -0.168. The first kappa shape index (κ1) is 17.7. The van der Waals surface area contributed by atoms with E-state index < -0.39 is 0 Å². The average Bonchev–Trinajstić information content (AvgIpc) is 2.52. The minimum Gasteiger partial charge on any atom is -0.351 e. The van der Waals surface area contributed by atoms with Gasteiger partial charge in [-0.2, -0.15) is 0 Å². The first-order chi connectivity index (χ1) is 11.3. The average molecular weight is 324 g/mol. The fourth-order valence-corrected chi connectivity index (χ4v) is 2.39. The van der Waals surface area contributed by atoms with Crippen molar-refractivity contribution in [2.24, 2.45) is 0 Å². The summed E-state index contributed by atoms with van der Waals surface area (Å²) < 4.78 is 0. The van der Waals surface area contributed by atoms with Crippen molar-refractivity contribution in [1.82, 2.24) is 5.32 Å². The number of para-hydroxylation sites is 1. The Hall–Kier alpha value is -2.62. The number of rotatable bonds is 5. The Labute approximate surface area is 143 Å². The number of hydrogen-bond donors (Lipinski definition) is 1. The summed E-state index contributed by atoms with van der Waals surface area (Å²) in [6, 6.07) is 19.2. The number of carbonyl (C=O) groups excluding carboxylic acids is 2. The van der Waals surface area contributed by atoms with E-state index in [1.807, 2.05) is 81.4 Å². The third-order valence-electron chi connectivity index (χ3n) is 3.38. The van der Waals surface area contributed by atoms with Gasteiger partial charge >= 0.3 is 0 Å². The number of hydrogen-bond acceptors (Lipinski definition) is 2. The number of anilines is 1. The largest absolute Gasteiger partial charge is 0.351 e. The van der Waals surface area contributed by atoms with Crippen LogP contribution in [0.25, 0.3) is 0 Å². The van der Waals surface area contributed by atoms with Crippen LogP contribution < -0.4 is 10.2 Å². The second kappa shape index (κ2) is 7.77. The van der Waals surface area contributed by atoms with Crippen LogP contribution >= 0.6 is 0 Å². The van der Waals surface area contributed by atoms with Gasteiger partial charge in [0.2, 0.25) is 11.8 Å². The molecule has 4 heteroatoms. The molecule has 2 aromatic rings. The van der Waals surface area contributed by atoms with Crippen molar-refractivity contribution in [1.29, 1.82) is 0 Å². The Bertz CT molecular complexity index is 676. The molecule has 0 saturated heterocycles. The van der Waals surface area contributed by atoms with E-state index in [1.54, 1.807) is 4.90 Å². The van der Waals surface area contributed by atoms with Crippen molar-refractivity contribution in [3.63, 3.8) is 0 Å². The molecule has 2 aromatic carbocycles. The molecule has 0 saturated carbocycles. The lowest BCUT2D eigenvalue weighted by Gasteiger charge is -2.25. The quantitative estimate of drug-likeness (QED) is 0.856. The Morgan fingerprint density at radius 1 is 0.917 bits per heavy atom. The minimum absolute atomic E-state index is 0.168. The summed E-state index contributed by atoms with van der Waals surface area (Å²) in [4.78, 5) is 26.5. The second-order valence-electron chi connectivity index (χ2n) is 6.78. The molecule has 0 aromatic heterocycles. The van der Waals surface area contributed by atoms with Gasteiger partial charge in [0.05, 0.1) is 6.54 Å². The van der Waals surface area contributed by atoms with Gasteiger partial charge in [-0.25, -0.2) is 0 Å². The van der Waals surface area contributed by atoms with Gasteiger partial charge in [-0.05, 0) is 38.5 Å². The van der Waals surface area contributed by atoms with E-state index in [2.05, 4.69) is 5.32 Å². The van der Waals surface area contributed by atoms with Gasteiger partial charge in [0, 0.05) is 11.2 Å². The number of carbonyl (C=O) groups is 2. The molecule has 0 radical (unpaired) electrons. The molecule has 0 spiro atoms. The number of nitrogens with one attached hydrogen (secondary N) is 1. The zero-order valence-corrected chi connectivity index (χ0v) is 14.5. The van der Waals surface area contributed by atoms with E-state index in [9.17, 15) is 9.59 Å². The molecule has 0 fully saturated rings. The highest BCUT2D eigenvalue weighted by molar-refractivity contribution is 6.05. The highest BCUT2D eigenvalue weighted by atomic mass is 16.2. The zero-order chi connectivity index (χ0) is 17.6. The van der Waals surface area contributed by atoms with Crippen molar-refractivity contribution in [3.8, 4) is 0 Å². The first-order valence-electron chi connectivity index (χ1n) is 8.05. The standard InChI is InChI=1S/C20H24N2O2/c1-20(2,3)21-18(23)14-19(24)22(17-12-8-5-9-13-17)15-16-10-6-4-7-11-16/h4-13H,14-15H2,1-3H3,(H,21,23). The van der Waals surface area contributed by atoms with Crippen molar-refractivity contribution < 1.29 is 9.59 Å². The Balaban J connectivity index is 2.16. The molecule has 0 aliphatic heterocycles. The summed E-state index contributed by atoms with van der Waals surface area (Å²) in [5.41, 5.74) is 1.45. The minimum atomic E-state index is -0.353. The number of nitrogens with zero attached hydrogens (tertiary/aromatic N) is 1. The third kappa shape index (κ3) is 5.54. The van der Waals surface area contributed by atoms with Gasteiger partial charge in [0.25, 0.3) is 0 Å². The third-order valence-corrected chi connectivity index (χ3v) is 3.38. The van der Waals surface area contributed by atoms with E-state index in [0.717, 1.165) is 11.3 Å². The van der Waals surface area contributed by atoms with E-state index in [-0.39, 0.29) is 23.8 Å². The van der Waals surface area contributed by atoms with Crippen molar-refractivity contribution in [2.45, 2.75) is 39.3 Å². The van der Waals surface area contributed by atoms with Crippen LogP contribution in [0.15, 0.2) is 60.7 Å². The maximum Gasteiger partial charge on any atom is 0.236 e. The molecular formula is C20H24N2O2. The predicted octanol–water partition coefficient (Wildman–Crippen LogP) is 3.52. The molecule has 0 atom stereocenters. The van der Waals surface area contributed by atoms with Crippen LogP contribution in [-0.2, 0) is 16.1 Å². The number of amides is 2. The molecule has 0 bridgehead atoms. The van der Waals surface area contributed by atoms with Gasteiger partial charge in [-0.3, -0.25) is 9.59 Å². The van der Waals surface area contributed by atoms with E-state index in [1.165, 1.54) is 0 Å². The molecule has 0 aliphatic carbocycles. The monoisotopic (exact) mass is 324 g/mol. The van der Waals surface area contributed by atoms with Crippen molar-refractivity contribution in [2.75, 3.05) is 4.90 Å². The Morgan fingerprint density at radius 2 is 1.46 bits per heavy atom. The van der Waals surface area contributed by atoms with Crippen LogP contribution in [0.2, 0.25) is 0 Å². The van der Waals surface area contributed by atoms with Crippen LogP contribution in [0.1, 0.15) is 32.8 Å². The predicted molar refractivity (Wildman–Crippen MR) is 96.6 cm³/mol. The maximum absolute atomic E-state index is 12.7. The van der Waals surface area contributed by atoms with Gasteiger partial charge in [-0.1, -0.05) is 48.5 Å². The summed E-state index contributed by atoms with van der Waals surface area (Å²) in [5.74, 6) is -0.478. The molecule has 126 valence electrons. The van der Waals surface area contributed by atoms with Crippen molar-refractivity contribution >= 4 is 17.5 Å². The molecule has 2 amide bonds. The maximum atomic E-state index is 12.7. The van der Waals surface area contributed by atoms with Crippen LogP contribution in [0, 0.1) is 0 Å². The second-order valence-corrected chi connectivity index (χ2v) is 6.78. The SMILES string of the molecule is CC(C)(C)NC(=O)CC(=O)N(Cc1ccccc1)c1ccccc1. The van der Waals surface area contributed by atoms with Crippen LogP contribution in [0.4, 0.5) is 5.69 Å². The molecule has 2 rings (SSSR count). The lowest BCUT2D eigenvalue weighted by molar-refractivity contribution is -0.128. The van der Waals surface area contributed by atoms with E-state index in [0.29, 0.717) is 6.54 Å². The smallest absolute Gasteiger partial charge is 0.236 e. The van der Waals surface area contributed by atoms with Gasteiger partial charge < -0.3 is 10.2 Å². The van der Waals surface area contributed by atoms with E-state index in [4.69, 9.17) is 0 Å². The lowest BCUT2D eigenvalue weighted by atomic mass is 10.1. The van der Waals surface area contributed by atoms with Crippen molar-refractivity contribution in [3.05, 3.63) is 66.2 Å². The Morgan fingerprint density at radius 3 is 2.00 bits per heavy atom. The highest BCUT2D eigenvalue weighted by Gasteiger charge is 2.21. The fourth-order valence-electron chi connectivity index (χ4n) is 2.39. The molecule has 1 N–H and O–H groups in total. The van der Waals surface area contributed by atoms with Gasteiger partial charge in [-0.15, -0.1) is 0 Å². The molecule has 4 nitrogen and oxygen atoms in total. The summed E-state index contributed by atoms with van der Waals surface area (Å²) in [6.45, 7) is 6.13. The lowest BCUT2D eigenvalue weighted by Crippen LogP contribution is -2.43. The zero-order valence-electron chi connectivity index (χ0n) is 14.5. The molecule has 0 heterocycles. The van der Waals surface area contributed by atoms with Gasteiger partial charge in [0.1, 0.15) is 6.42 Å².